The number of non-ortho nitro benzene ring substituents is 1. The average Bonchev–Trinajstić information content (AvgIpc) is 3.81. The fourth-order valence-electron chi connectivity index (χ4n) is 7.61. The Hall–Kier alpha value is -4.02. The quantitative estimate of drug-likeness (QED) is 0.135. The van der Waals surface area contributed by atoms with Crippen LogP contribution < -0.4 is 15.5 Å². The third-order valence-electron chi connectivity index (χ3n) is 9.69. The van der Waals surface area contributed by atoms with Crippen molar-refractivity contribution in [1.29, 1.82) is 0 Å². The number of aromatic nitrogens is 3. The SMILES string of the molecule is C[C@H]1[C@H]([Si](C)(C)O)[C@@H](CCn2cc(CCO)nn2)O[C@]12C(=O)N(Cc1cccc(NC(=O)[C@H]3CCCN3)c1)c1ccc([N+](=O)[O-])cc12. The molecular formula is C32H41N7O7Si. The van der Waals surface area contributed by atoms with E-state index in [0.29, 0.717) is 42.0 Å². The number of nitrogens with one attached hydrogen (secondary N) is 2. The first-order valence-corrected chi connectivity index (χ1v) is 19.1. The number of aliphatic hydroxyl groups excluding tert-OH is 1. The number of hydrogen-bond donors (Lipinski definition) is 4. The molecule has 0 saturated carbocycles. The van der Waals surface area contributed by atoms with E-state index in [9.17, 15) is 29.6 Å². The number of aryl methyl sites for hydroxylation is 1. The molecule has 6 rings (SSSR count). The molecule has 0 bridgehead atoms. The fraction of sp³-hybridized carbons (Fsp3) is 0.500. The predicted octanol–water partition coefficient (Wildman–Crippen LogP) is 2.85. The molecule has 1 spiro atoms. The molecule has 14 nitrogen and oxygen atoms in total. The first-order chi connectivity index (χ1) is 22.4. The normalized spacial score (nSPS) is 25.5. The number of amides is 2. The highest BCUT2D eigenvalue weighted by molar-refractivity contribution is 6.71. The first kappa shape index (κ1) is 32.9. The molecule has 3 aromatic rings. The summed E-state index contributed by atoms with van der Waals surface area (Å²) in [5.41, 5.74) is 0.877. The summed E-state index contributed by atoms with van der Waals surface area (Å²) in [5, 5.41) is 35.6. The van der Waals surface area contributed by atoms with Crippen LogP contribution in [0, 0.1) is 16.0 Å². The van der Waals surface area contributed by atoms with Gasteiger partial charge in [0.05, 0.1) is 35.0 Å². The average molecular weight is 664 g/mol. The second-order valence-corrected chi connectivity index (χ2v) is 17.3. The minimum atomic E-state index is -2.96. The van der Waals surface area contributed by atoms with Crippen LogP contribution in [0.25, 0.3) is 0 Å². The summed E-state index contributed by atoms with van der Waals surface area (Å²) in [6.07, 6.45) is 3.73. The molecule has 1 aromatic heterocycles. The summed E-state index contributed by atoms with van der Waals surface area (Å²) >= 11 is 0. The predicted molar refractivity (Wildman–Crippen MR) is 175 cm³/mol. The molecule has 2 fully saturated rings. The van der Waals surface area contributed by atoms with Crippen molar-refractivity contribution in [3.05, 3.63) is 75.6 Å². The highest BCUT2D eigenvalue weighted by Gasteiger charge is 2.66. The Kier molecular flexibility index (Phi) is 9.02. The van der Waals surface area contributed by atoms with Crippen molar-refractivity contribution in [3.63, 3.8) is 0 Å². The number of aliphatic hydroxyl groups is 1. The second-order valence-electron chi connectivity index (χ2n) is 13.3. The van der Waals surface area contributed by atoms with Gasteiger partial charge >= 0.3 is 0 Å². The Bertz CT molecular complexity index is 1670. The summed E-state index contributed by atoms with van der Waals surface area (Å²) in [6, 6.07) is 11.5. The van der Waals surface area contributed by atoms with E-state index < -0.39 is 30.9 Å². The van der Waals surface area contributed by atoms with Crippen molar-refractivity contribution in [2.75, 3.05) is 23.4 Å². The molecule has 0 aliphatic carbocycles. The number of hydrogen-bond acceptors (Lipinski definition) is 10. The van der Waals surface area contributed by atoms with Crippen molar-refractivity contribution in [2.45, 2.75) is 82.1 Å². The lowest BCUT2D eigenvalue weighted by molar-refractivity contribution is -0.385. The molecule has 5 atom stereocenters. The van der Waals surface area contributed by atoms with E-state index in [2.05, 4.69) is 20.9 Å². The van der Waals surface area contributed by atoms with Gasteiger partial charge in [0.25, 0.3) is 11.6 Å². The molecule has 3 aliphatic rings. The van der Waals surface area contributed by atoms with Crippen LogP contribution in [-0.2, 0) is 39.4 Å². The van der Waals surface area contributed by atoms with Crippen molar-refractivity contribution >= 4 is 37.2 Å². The van der Waals surface area contributed by atoms with Crippen LogP contribution >= 0.6 is 0 Å². The van der Waals surface area contributed by atoms with Gasteiger partial charge in [-0.25, -0.2) is 0 Å². The van der Waals surface area contributed by atoms with Gasteiger partial charge in [0.1, 0.15) is 0 Å². The number of fused-ring (bicyclic) bond motifs is 2. The van der Waals surface area contributed by atoms with E-state index in [0.717, 1.165) is 24.9 Å². The van der Waals surface area contributed by atoms with Gasteiger partial charge in [-0.05, 0) is 62.7 Å². The lowest BCUT2D eigenvalue weighted by Gasteiger charge is -2.32. The van der Waals surface area contributed by atoms with Gasteiger partial charge in [0, 0.05) is 60.6 Å². The molecule has 0 unspecified atom stereocenters. The Labute approximate surface area is 273 Å². The number of carbonyl (C=O) groups excluding carboxylic acids is 2. The number of nitro benzene ring substituents is 1. The smallest absolute Gasteiger partial charge is 0.269 e. The first-order valence-electron chi connectivity index (χ1n) is 16.1. The largest absolute Gasteiger partial charge is 0.432 e. The highest BCUT2D eigenvalue weighted by Crippen LogP contribution is 2.60. The van der Waals surface area contributed by atoms with Crippen LogP contribution in [0.1, 0.15) is 43.0 Å². The number of carbonyl (C=O) groups is 2. The van der Waals surface area contributed by atoms with Gasteiger partial charge in [0.15, 0.2) is 13.9 Å². The zero-order valence-electron chi connectivity index (χ0n) is 26.8. The zero-order valence-corrected chi connectivity index (χ0v) is 27.8. The van der Waals surface area contributed by atoms with E-state index in [1.54, 1.807) is 27.9 Å². The number of anilines is 2. The molecule has 4 N–H and O–H groups in total. The number of nitro groups is 1. The van der Waals surface area contributed by atoms with E-state index in [-0.39, 0.29) is 42.2 Å². The van der Waals surface area contributed by atoms with Crippen LogP contribution in [0.4, 0.5) is 17.1 Å². The Morgan fingerprint density at radius 1 is 1.28 bits per heavy atom. The molecule has 4 heterocycles. The molecule has 2 aromatic carbocycles. The minimum Gasteiger partial charge on any atom is -0.432 e. The second kappa shape index (κ2) is 12.9. The lowest BCUT2D eigenvalue weighted by Crippen LogP contribution is -2.46. The van der Waals surface area contributed by atoms with Gasteiger partial charge in [0.2, 0.25) is 5.91 Å². The minimum absolute atomic E-state index is 0.0438. The van der Waals surface area contributed by atoms with Gasteiger partial charge in [-0.2, -0.15) is 0 Å². The maximum atomic E-state index is 14.7. The maximum absolute atomic E-state index is 14.7. The number of ether oxygens (including phenoxy) is 1. The maximum Gasteiger partial charge on any atom is 0.269 e. The van der Waals surface area contributed by atoms with Crippen LogP contribution in [0.5, 0.6) is 0 Å². The van der Waals surface area contributed by atoms with Crippen LogP contribution in [0.2, 0.25) is 18.6 Å². The Morgan fingerprint density at radius 2 is 2.09 bits per heavy atom. The van der Waals surface area contributed by atoms with Crippen LogP contribution in [0.15, 0.2) is 48.7 Å². The van der Waals surface area contributed by atoms with Gasteiger partial charge in [-0.1, -0.05) is 24.3 Å². The molecule has 15 heteroatoms. The molecule has 0 radical (unpaired) electrons. The molecule has 2 amide bonds. The zero-order chi connectivity index (χ0) is 33.5. The van der Waals surface area contributed by atoms with Crippen molar-refractivity contribution in [3.8, 4) is 0 Å². The highest BCUT2D eigenvalue weighted by atomic mass is 28.4. The number of benzene rings is 2. The third-order valence-corrected chi connectivity index (χ3v) is 12.2. The molecule has 3 aliphatic heterocycles. The van der Waals surface area contributed by atoms with Crippen molar-refractivity contribution in [2.24, 2.45) is 5.92 Å². The summed E-state index contributed by atoms with van der Waals surface area (Å²) < 4.78 is 8.46. The molecule has 2 saturated heterocycles. The van der Waals surface area contributed by atoms with Crippen molar-refractivity contribution < 1.29 is 29.2 Å². The lowest BCUT2D eigenvalue weighted by atomic mass is 9.82. The summed E-state index contributed by atoms with van der Waals surface area (Å²) in [7, 11) is -2.96. The van der Waals surface area contributed by atoms with E-state index >= 15 is 0 Å². The van der Waals surface area contributed by atoms with Crippen molar-refractivity contribution in [1.82, 2.24) is 20.3 Å². The van der Waals surface area contributed by atoms with Gasteiger partial charge in [-0.15, -0.1) is 5.10 Å². The van der Waals surface area contributed by atoms with E-state index in [1.165, 1.54) is 12.1 Å². The van der Waals surface area contributed by atoms with E-state index in [4.69, 9.17) is 4.74 Å². The Morgan fingerprint density at radius 3 is 2.79 bits per heavy atom. The molecule has 47 heavy (non-hydrogen) atoms. The third kappa shape index (κ3) is 6.21. The topological polar surface area (TPSA) is 185 Å². The van der Waals surface area contributed by atoms with Crippen LogP contribution in [0.3, 0.4) is 0 Å². The van der Waals surface area contributed by atoms with Gasteiger partial charge < -0.3 is 30.2 Å². The standard InChI is InChI=1S/C32H41N7O7Si/c1-20-29(47(2,3)45)28(11-14-37-19-23(12-15-40)35-36-37)46-32(20)25-17-24(39(43)44)9-10-27(25)38(31(32)42)18-21-6-4-7-22(16-21)34-30(41)26-8-5-13-33-26/h4,6-7,9-10,16-17,19-20,26,28-29,33,40,45H,5,8,11-15,18H2,1-3H3,(H,34,41)/t20-,26+,28+,29-,32+/m0/s1. The summed E-state index contributed by atoms with van der Waals surface area (Å²) in [4.78, 5) is 52.1. The summed E-state index contributed by atoms with van der Waals surface area (Å²) in [6.45, 7) is 6.85. The molecule has 250 valence electrons. The Balaban J connectivity index is 1.32. The number of rotatable bonds is 11. The molecular weight excluding hydrogens is 622 g/mol. The van der Waals surface area contributed by atoms with Gasteiger partial charge in [-0.3, -0.25) is 24.4 Å². The van der Waals surface area contributed by atoms with E-state index in [1.807, 2.05) is 38.2 Å². The number of nitrogens with zero attached hydrogens (tertiary/aromatic N) is 5. The van der Waals surface area contributed by atoms with Crippen LogP contribution in [-0.4, -0.2) is 75.2 Å². The summed E-state index contributed by atoms with van der Waals surface area (Å²) in [5.74, 6) is -0.949. The monoisotopic (exact) mass is 663 g/mol. The fourth-order valence-corrected chi connectivity index (χ4v) is 10.2.